The first kappa shape index (κ1) is 13.1. The number of nitrogens with zero attached hydrogens (tertiary/aromatic N) is 2. The molecule has 1 aromatic rings. The van der Waals surface area contributed by atoms with Gasteiger partial charge in [-0.05, 0) is 49.7 Å². The summed E-state index contributed by atoms with van der Waals surface area (Å²) in [5.41, 5.74) is 0.0652. The Kier molecular flexibility index (Phi) is 3.42. The van der Waals surface area contributed by atoms with E-state index in [2.05, 4.69) is 4.98 Å². The molecule has 106 valence electrons. The third-order valence-corrected chi connectivity index (χ3v) is 3.88. The Bertz CT molecular complexity index is 522. The van der Waals surface area contributed by atoms with Gasteiger partial charge >= 0.3 is 5.97 Å². The SMILES string of the molecule is O=C(O)c1cccnc1C(=O)N(CC1CC1)CC1CC1. The number of carboxylic acids is 1. The standard InChI is InChI=1S/C15H18N2O3/c18-14(13-12(15(19)20)2-1-7-16-13)17(8-10-3-4-10)9-11-5-6-11/h1-2,7,10-11H,3-6,8-9H2,(H,19,20). The summed E-state index contributed by atoms with van der Waals surface area (Å²) in [6.45, 7) is 1.48. The highest BCUT2D eigenvalue weighted by Gasteiger charge is 2.33. The fraction of sp³-hybridized carbons (Fsp3) is 0.533. The van der Waals surface area contributed by atoms with Crippen LogP contribution in [0, 0.1) is 11.8 Å². The molecule has 20 heavy (non-hydrogen) atoms. The molecule has 0 bridgehead atoms. The van der Waals surface area contributed by atoms with E-state index in [1.807, 2.05) is 4.90 Å². The van der Waals surface area contributed by atoms with Crippen molar-refractivity contribution in [2.75, 3.05) is 13.1 Å². The first-order chi connectivity index (χ1) is 9.65. The zero-order valence-electron chi connectivity index (χ0n) is 11.3. The maximum atomic E-state index is 12.6. The van der Waals surface area contributed by atoms with Crippen molar-refractivity contribution in [3.63, 3.8) is 0 Å². The van der Waals surface area contributed by atoms with Crippen LogP contribution in [-0.4, -0.2) is 40.0 Å². The molecular weight excluding hydrogens is 256 g/mol. The first-order valence-electron chi connectivity index (χ1n) is 7.12. The predicted molar refractivity (Wildman–Crippen MR) is 72.5 cm³/mol. The minimum Gasteiger partial charge on any atom is -0.478 e. The van der Waals surface area contributed by atoms with E-state index in [-0.39, 0.29) is 17.2 Å². The van der Waals surface area contributed by atoms with Crippen molar-refractivity contribution in [1.82, 2.24) is 9.88 Å². The van der Waals surface area contributed by atoms with E-state index in [4.69, 9.17) is 0 Å². The fourth-order valence-electron chi connectivity index (χ4n) is 2.36. The van der Waals surface area contributed by atoms with Crippen molar-refractivity contribution in [3.8, 4) is 0 Å². The maximum Gasteiger partial charge on any atom is 0.338 e. The summed E-state index contributed by atoms with van der Waals surface area (Å²) in [6.07, 6.45) is 6.15. The van der Waals surface area contributed by atoms with Gasteiger partial charge in [0.05, 0.1) is 5.56 Å². The average Bonchev–Trinajstić information content (AvgIpc) is 3.32. The van der Waals surface area contributed by atoms with E-state index < -0.39 is 5.97 Å². The van der Waals surface area contributed by atoms with Crippen LogP contribution in [0.3, 0.4) is 0 Å². The van der Waals surface area contributed by atoms with E-state index >= 15 is 0 Å². The minimum atomic E-state index is -1.10. The van der Waals surface area contributed by atoms with Gasteiger partial charge in [-0.1, -0.05) is 0 Å². The van der Waals surface area contributed by atoms with Gasteiger partial charge in [-0.3, -0.25) is 9.78 Å². The number of hydrogen-bond donors (Lipinski definition) is 1. The number of hydrogen-bond acceptors (Lipinski definition) is 3. The normalized spacial score (nSPS) is 17.8. The molecule has 1 amide bonds. The van der Waals surface area contributed by atoms with Crippen LogP contribution in [0.4, 0.5) is 0 Å². The molecule has 1 aromatic heterocycles. The van der Waals surface area contributed by atoms with Gasteiger partial charge in [-0.25, -0.2) is 4.79 Å². The summed E-state index contributed by atoms with van der Waals surface area (Å²) in [6, 6.07) is 2.99. The summed E-state index contributed by atoms with van der Waals surface area (Å²) in [5.74, 6) is -0.148. The van der Waals surface area contributed by atoms with Gasteiger partial charge in [0.15, 0.2) is 0 Å². The van der Waals surface area contributed by atoms with Gasteiger partial charge in [0, 0.05) is 19.3 Å². The fourth-order valence-corrected chi connectivity index (χ4v) is 2.36. The lowest BCUT2D eigenvalue weighted by molar-refractivity contribution is 0.0667. The third kappa shape index (κ3) is 2.98. The lowest BCUT2D eigenvalue weighted by Crippen LogP contribution is -2.36. The number of carboxylic acid groups (broad SMARTS) is 1. The minimum absolute atomic E-state index is 0.00547. The van der Waals surface area contributed by atoms with E-state index in [0.717, 1.165) is 13.1 Å². The van der Waals surface area contributed by atoms with Crippen molar-refractivity contribution in [2.45, 2.75) is 25.7 Å². The van der Waals surface area contributed by atoms with Crippen LogP contribution in [0.2, 0.25) is 0 Å². The summed E-state index contributed by atoms with van der Waals surface area (Å²) < 4.78 is 0. The Hall–Kier alpha value is -1.91. The summed E-state index contributed by atoms with van der Waals surface area (Å²) in [7, 11) is 0. The highest BCUT2D eigenvalue weighted by Crippen LogP contribution is 2.34. The molecule has 0 atom stereocenters. The van der Waals surface area contributed by atoms with Gasteiger partial charge in [-0.15, -0.1) is 0 Å². The molecule has 3 rings (SSSR count). The Balaban J connectivity index is 1.81. The van der Waals surface area contributed by atoms with Gasteiger partial charge < -0.3 is 10.0 Å². The van der Waals surface area contributed by atoms with Crippen LogP contribution < -0.4 is 0 Å². The van der Waals surface area contributed by atoms with Crippen molar-refractivity contribution in [1.29, 1.82) is 0 Å². The highest BCUT2D eigenvalue weighted by atomic mass is 16.4. The van der Waals surface area contributed by atoms with Gasteiger partial charge in [0.25, 0.3) is 5.91 Å². The van der Waals surface area contributed by atoms with E-state index in [0.29, 0.717) is 11.8 Å². The van der Waals surface area contributed by atoms with Crippen LogP contribution in [0.1, 0.15) is 46.5 Å². The summed E-state index contributed by atoms with van der Waals surface area (Å²) >= 11 is 0. The topological polar surface area (TPSA) is 70.5 Å². The Labute approximate surface area is 117 Å². The van der Waals surface area contributed by atoms with Gasteiger partial charge in [0.2, 0.25) is 0 Å². The number of carbonyl (C=O) groups is 2. The summed E-state index contributed by atoms with van der Waals surface area (Å²) in [5, 5.41) is 9.17. The molecular formula is C15H18N2O3. The van der Waals surface area contributed by atoms with Crippen LogP contribution >= 0.6 is 0 Å². The quantitative estimate of drug-likeness (QED) is 0.861. The number of aromatic carboxylic acids is 1. The molecule has 2 saturated carbocycles. The van der Waals surface area contributed by atoms with Crippen molar-refractivity contribution >= 4 is 11.9 Å². The second kappa shape index (κ2) is 5.23. The van der Waals surface area contributed by atoms with E-state index in [1.165, 1.54) is 37.9 Å². The lowest BCUT2D eigenvalue weighted by atomic mass is 10.1. The van der Waals surface area contributed by atoms with Crippen molar-refractivity contribution < 1.29 is 14.7 Å². The molecule has 2 fully saturated rings. The molecule has 0 spiro atoms. The number of aromatic nitrogens is 1. The molecule has 0 aliphatic heterocycles. The number of amides is 1. The molecule has 5 nitrogen and oxygen atoms in total. The van der Waals surface area contributed by atoms with Crippen LogP contribution in [0.25, 0.3) is 0 Å². The van der Waals surface area contributed by atoms with E-state index in [1.54, 1.807) is 6.07 Å². The highest BCUT2D eigenvalue weighted by molar-refractivity contribution is 6.03. The van der Waals surface area contributed by atoms with Gasteiger partial charge in [0.1, 0.15) is 5.69 Å². The molecule has 0 aromatic carbocycles. The summed E-state index contributed by atoms with van der Waals surface area (Å²) in [4.78, 5) is 29.6. The molecule has 2 aliphatic carbocycles. The number of rotatable bonds is 6. The van der Waals surface area contributed by atoms with Crippen LogP contribution in [0.15, 0.2) is 18.3 Å². The third-order valence-electron chi connectivity index (χ3n) is 3.88. The average molecular weight is 274 g/mol. The molecule has 0 radical (unpaired) electrons. The zero-order valence-corrected chi connectivity index (χ0v) is 11.3. The molecule has 0 unspecified atom stereocenters. The Morgan fingerprint density at radius 2 is 1.80 bits per heavy atom. The first-order valence-corrected chi connectivity index (χ1v) is 7.12. The lowest BCUT2D eigenvalue weighted by Gasteiger charge is -2.22. The molecule has 0 saturated heterocycles. The zero-order chi connectivity index (χ0) is 14.1. The Morgan fingerprint density at radius 1 is 1.20 bits per heavy atom. The number of pyridine rings is 1. The largest absolute Gasteiger partial charge is 0.478 e. The van der Waals surface area contributed by atoms with Gasteiger partial charge in [-0.2, -0.15) is 0 Å². The maximum absolute atomic E-state index is 12.6. The van der Waals surface area contributed by atoms with Crippen LogP contribution in [0.5, 0.6) is 0 Å². The Morgan fingerprint density at radius 3 is 2.30 bits per heavy atom. The monoisotopic (exact) mass is 274 g/mol. The molecule has 5 heteroatoms. The van der Waals surface area contributed by atoms with E-state index in [9.17, 15) is 14.7 Å². The smallest absolute Gasteiger partial charge is 0.338 e. The molecule has 1 heterocycles. The molecule has 2 aliphatic rings. The van der Waals surface area contributed by atoms with Crippen molar-refractivity contribution in [3.05, 3.63) is 29.6 Å². The van der Waals surface area contributed by atoms with Crippen molar-refractivity contribution in [2.24, 2.45) is 11.8 Å². The van der Waals surface area contributed by atoms with Crippen LogP contribution in [-0.2, 0) is 0 Å². The second-order valence-corrected chi connectivity index (χ2v) is 5.80. The molecule has 1 N–H and O–H groups in total. The second-order valence-electron chi connectivity index (χ2n) is 5.80. The number of carbonyl (C=O) groups excluding carboxylic acids is 1. The predicted octanol–water partition coefficient (Wildman–Crippen LogP) is 2.04.